The molecule has 3 rings (SSSR count). The summed E-state index contributed by atoms with van der Waals surface area (Å²) in [6.45, 7) is 19.2. The lowest BCUT2D eigenvalue weighted by Gasteiger charge is -2.48. The standard InChI is InChI=1S/C20H36O2Si/c1-14(2)17(13-22-23(7,8)19(3,4)5)16-12-20(6)10-9-15(16)11-18(20)21/h9-10,14-17H,11-13H2,1-8H3/t15-,16-,17+,20-/m1/s1. The molecular formula is C20H36O2Si. The van der Waals surface area contributed by atoms with E-state index in [0.29, 0.717) is 29.5 Å². The summed E-state index contributed by atoms with van der Waals surface area (Å²) in [6, 6.07) is 0. The van der Waals surface area contributed by atoms with Gasteiger partial charge in [0.15, 0.2) is 8.32 Å². The maximum absolute atomic E-state index is 12.3. The highest BCUT2D eigenvalue weighted by atomic mass is 28.4. The van der Waals surface area contributed by atoms with Crippen molar-refractivity contribution in [3.8, 4) is 0 Å². The van der Waals surface area contributed by atoms with Crippen LogP contribution >= 0.6 is 0 Å². The van der Waals surface area contributed by atoms with E-state index >= 15 is 0 Å². The zero-order valence-corrected chi connectivity index (χ0v) is 17.4. The zero-order chi connectivity index (χ0) is 17.6. The van der Waals surface area contributed by atoms with Crippen LogP contribution in [0.5, 0.6) is 0 Å². The Morgan fingerprint density at radius 2 is 1.96 bits per heavy atom. The summed E-state index contributed by atoms with van der Waals surface area (Å²) in [5, 5.41) is 0.252. The van der Waals surface area contributed by atoms with Gasteiger partial charge in [0.25, 0.3) is 0 Å². The van der Waals surface area contributed by atoms with Crippen molar-refractivity contribution >= 4 is 14.1 Å². The average molecular weight is 337 g/mol. The third-order valence-electron chi connectivity index (χ3n) is 6.83. The molecule has 3 aliphatic rings. The van der Waals surface area contributed by atoms with Gasteiger partial charge in [-0.2, -0.15) is 0 Å². The summed E-state index contributed by atoms with van der Waals surface area (Å²) in [4.78, 5) is 12.3. The fourth-order valence-electron chi connectivity index (χ4n) is 3.86. The van der Waals surface area contributed by atoms with Crippen molar-refractivity contribution in [1.82, 2.24) is 0 Å². The Bertz CT molecular complexity index is 486. The second-order valence-corrected chi connectivity index (χ2v) is 14.7. The van der Waals surface area contributed by atoms with Gasteiger partial charge in [-0.25, -0.2) is 0 Å². The van der Waals surface area contributed by atoms with Crippen LogP contribution in [-0.2, 0) is 9.22 Å². The van der Waals surface area contributed by atoms with Crippen LogP contribution in [0.4, 0.5) is 0 Å². The van der Waals surface area contributed by atoms with Gasteiger partial charge in [-0.3, -0.25) is 4.79 Å². The maximum atomic E-state index is 12.3. The largest absolute Gasteiger partial charge is 0.417 e. The Morgan fingerprint density at radius 1 is 1.35 bits per heavy atom. The number of hydrogen-bond acceptors (Lipinski definition) is 2. The van der Waals surface area contributed by atoms with Crippen molar-refractivity contribution in [3.63, 3.8) is 0 Å². The summed E-state index contributed by atoms with van der Waals surface area (Å²) >= 11 is 0. The van der Waals surface area contributed by atoms with E-state index < -0.39 is 8.32 Å². The minimum absolute atomic E-state index is 0.219. The van der Waals surface area contributed by atoms with E-state index in [4.69, 9.17) is 4.43 Å². The molecule has 0 radical (unpaired) electrons. The lowest BCUT2D eigenvalue weighted by atomic mass is 9.56. The van der Waals surface area contributed by atoms with E-state index in [1.807, 2.05) is 0 Å². The Morgan fingerprint density at radius 3 is 2.39 bits per heavy atom. The summed E-state index contributed by atoms with van der Waals surface area (Å²) < 4.78 is 6.57. The summed E-state index contributed by atoms with van der Waals surface area (Å²) in [7, 11) is -1.72. The summed E-state index contributed by atoms with van der Waals surface area (Å²) in [5.74, 6) is 2.60. The van der Waals surface area contributed by atoms with Crippen molar-refractivity contribution < 1.29 is 9.22 Å². The minimum atomic E-state index is -1.72. The maximum Gasteiger partial charge on any atom is 0.191 e. The third kappa shape index (κ3) is 3.66. The molecule has 132 valence electrons. The van der Waals surface area contributed by atoms with Crippen molar-refractivity contribution in [2.75, 3.05) is 6.61 Å². The number of ketones is 1. The molecule has 4 atom stereocenters. The third-order valence-corrected chi connectivity index (χ3v) is 11.3. The molecule has 1 fully saturated rings. The molecule has 0 spiro atoms. The average Bonchev–Trinajstić information content (AvgIpc) is 2.39. The molecule has 3 heteroatoms. The number of Topliss-reactive ketones (excluding diaryl/α,β-unsaturated/α-hetero) is 1. The van der Waals surface area contributed by atoms with Crippen LogP contribution in [0.15, 0.2) is 12.2 Å². The first-order chi connectivity index (χ1) is 10.4. The van der Waals surface area contributed by atoms with E-state index in [2.05, 4.69) is 66.8 Å². The van der Waals surface area contributed by atoms with E-state index in [1.54, 1.807) is 0 Å². The number of fused-ring (bicyclic) bond motifs is 2. The zero-order valence-electron chi connectivity index (χ0n) is 16.4. The predicted molar refractivity (Wildman–Crippen MR) is 99.9 cm³/mol. The molecule has 0 heterocycles. The van der Waals surface area contributed by atoms with Gasteiger partial charge in [-0.05, 0) is 55.1 Å². The molecule has 0 aliphatic heterocycles. The smallest absolute Gasteiger partial charge is 0.191 e. The predicted octanol–water partition coefficient (Wildman–Crippen LogP) is 5.45. The van der Waals surface area contributed by atoms with E-state index in [0.717, 1.165) is 19.4 Å². The van der Waals surface area contributed by atoms with Crippen LogP contribution < -0.4 is 0 Å². The fraction of sp³-hybridized carbons (Fsp3) is 0.850. The topological polar surface area (TPSA) is 26.3 Å². The summed E-state index contributed by atoms with van der Waals surface area (Å²) in [5.41, 5.74) is -0.219. The lowest BCUT2D eigenvalue weighted by molar-refractivity contribution is -0.133. The Hall–Kier alpha value is -0.413. The highest BCUT2D eigenvalue weighted by Crippen LogP contribution is 2.50. The molecule has 2 nitrogen and oxygen atoms in total. The molecule has 0 aromatic rings. The van der Waals surface area contributed by atoms with Gasteiger partial charge < -0.3 is 4.43 Å². The van der Waals surface area contributed by atoms with Crippen LogP contribution in [0, 0.1) is 29.1 Å². The number of carbonyl (C=O) groups is 1. The number of carbonyl (C=O) groups excluding carboxylic acids is 1. The first-order valence-electron chi connectivity index (χ1n) is 9.24. The van der Waals surface area contributed by atoms with Crippen LogP contribution in [0.3, 0.4) is 0 Å². The van der Waals surface area contributed by atoms with Gasteiger partial charge in [-0.15, -0.1) is 0 Å². The van der Waals surface area contributed by atoms with Crippen molar-refractivity contribution in [3.05, 3.63) is 12.2 Å². The van der Waals surface area contributed by atoms with Gasteiger partial charge in [0.2, 0.25) is 0 Å². The van der Waals surface area contributed by atoms with Gasteiger partial charge >= 0.3 is 0 Å². The number of rotatable bonds is 5. The SMILES string of the molecule is CC(C)[C@H](CO[Si](C)(C)C(C)(C)C)[C@@H]1C[C@@]2(C)C=C[C@@H]1CC2=O. The van der Waals surface area contributed by atoms with Gasteiger partial charge in [0.05, 0.1) is 0 Å². The van der Waals surface area contributed by atoms with Crippen molar-refractivity contribution in [2.24, 2.45) is 29.1 Å². The quantitative estimate of drug-likeness (QED) is 0.493. The second kappa shape index (κ2) is 6.14. The molecule has 23 heavy (non-hydrogen) atoms. The minimum Gasteiger partial charge on any atom is -0.417 e. The van der Waals surface area contributed by atoms with Crippen molar-refractivity contribution in [1.29, 1.82) is 0 Å². The highest BCUT2D eigenvalue weighted by molar-refractivity contribution is 6.74. The first kappa shape index (κ1) is 18.9. The number of allylic oxidation sites excluding steroid dienone is 2. The van der Waals surface area contributed by atoms with Crippen LogP contribution in [0.25, 0.3) is 0 Å². The lowest BCUT2D eigenvalue weighted by Crippen LogP contribution is -2.48. The van der Waals surface area contributed by atoms with Crippen LogP contribution in [0.1, 0.15) is 54.4 Å². The second-order valence-electron chi connectivity index (χ2n) is 9.91. The molecule has 1 saturated carbocycles. The van der Waals surface area contributed by atoms with Gasteiger partial charge in [0.1, 0.15) is 5.78 Å². The monoisotopic (exact) mass is 336 g/mol. The van der Waals surface area contributed by atoms with Gasteiger partial charge in [-0.1, -0.05) is 46.8 Å². The molecule has 0 N–H and O–H groups in total. The van der Waals surface area contributed by atoms with Crippen molar-refractivity contribution in [2.45, 2.75) is 72.5 Å². The van der Waals surface area contributed by atoms with Gasteiger partial charge in [0, 0.05) is 18.4 Å². The van der Waals surface area contributed by atoms with E-state index in [1.165, 1.54) is 0 Å². The first-order valence-corrected chi connectivity index (χ1v) is 12.1. The Labute approximate surface area is 144 Å². The molecule has 0 aromatic carbocycles. The normalized spacial score (nSPS) is 32.7. The van der Waals surface area contributed by atoms with E-state index in [9.17, 15) is 4.79 Å². The molecule has 2 bridgehead atoms. The molecular weight excluding hydrogens is 300 g/mol. The molecule has 3 aliphatic carbocycles. The molecule has 0 unspecified atom stereocenters. The fourth-order valence-corrected chi connectivity index (χ4v) is 4.90. The Kier molecular flexibility index (Phi) is 5.05. The molecule has 0 saturated heterocycles. The highest BCUT2D eigenvalue weighted by Gasteiger charge is 2.48. The Balaban J connectivity index is 2.12. The molecule has 0 aromatic heterocycles. The molecule has 0 amide bonds. The number of hydrogen-bond donors (Lipinski definition) is 0. The van der Waals surface area contributed by atoms with Crippen LogP contribution in [0.2, 0.25) is 18.1 Å². The van der Waals surface area contributed by atoms with Crippen LogP contribution in [-0.4, -0.2) is 20.7 Å². The van der Waals surface area contributed by atoms with E-state index in [-0.39, 0.29) is 10.5 Å². The summed E-state index contributed by atoms with van der Waals surface area (Å²) in [6.07, 6.45) is 6.24.